The molecule has 258 valence electrons. The number of para-hydroxylation sites is 1. The molecular weight excluding hydrogens is 669 g/mol. The van der Waals surface area contributed by atoms with E-state index in [9.17, 15) is 6.85 Å². The van der Waals surface area contributed by atoms with Gasteiger partial charge in [0, 0.05) is 27.5 Å². The average molecular weight is 715 g/mol. The van der Waals surface area contributed by atoms with Crippen LogP contribution in [-0.4, -0.2) is 19.5 Å². The summed E-state index contributed by atoms with van der Waals surface area (Å²) in [6, 6.07) is 34.5. The molecular formula is C51H34N4. The molecule has 0 saturated carbocycles. The lowest BCUT2D eigenvalue weighted by Gasteiger charge is -2.16. The van der Waals surface area contributed by atoms with Gasteiger partial charge in [0.15, 0.2) is 17.5 Å². The number of nitrogens with zero attached hydrogens (tertiary/aromatic N) is 4. The Hall–Kier alpha value is -7.43. The number of aromatic nitrogens is 4. The summed E-state index contributed by atoms with van der Waals surface area (Å²) in [6.07, 6.45) is 0. The van der Waals surface area contributed by atoms with E-state index in [0.717, 1.165) is 22.3 Å². The van der Waals surface area contributed by atoms with E-state index in [0.29, 0.717) is 28.3 Å². The Kier molecular flexibility index (Phi) is 5.52. The van der Waals surface area contributed by atoms with Gasteiger partial charge in [-0.3, -0.25) is 0 Å². The largest absolute Gasteiger partial charge is 0.309 e. The van der Waals surface area contributed by atoms with Gasteiger partial charge in [-0.1, -0.05) is 176 Å². The maximum absolute atomic E-state index is 9.69. The summed E-state index contributed by atoms with van der Waals surface area (Å²) in [5.41, 5.74) is 4.34. The molecule has 0 aliphatic heterocycles. The van der Waals surface area contributed by atoms with Crippen LogP contribution in [0.4, 0.5) is 0 Å². The standard InChI is InChI=1S/C51H34N4/c1-5-15-35(16-6-1)38-25-27-40(28-26-38)50-52-49(39-21-11-4-12-22-39)53-51(54-50)45-34-42(37-19-9-3-10-20-37)30-32-48(45)55-46-24-14-13-23-43(46)44-33-41(29-31-47(44)55)36-17-7-2-8-18-36/h1-34H/i2D,7D,8D,13D,14D,17D,18D,23D,24D,29D,31D,33D. The fourth-order valence-corrected chi connectivity index (χ4v) is 6.76. The first kappa shape index (κ1) is 21.9. The molecule has 0 unspecified atom stereocenters. The molecule has 2 aromatic heterocycles. The second-order valence-corrected chi connectivity index (χ2v) is 12.7. The first-order valence-corrected chi connectivity index (χ1v) is 17.6. The van der Waals surface area contributed by atoms with Gasteiger partial charge in [0.1, 0.15) is 0 Å². The molecule has 2 heterocycles. The van der Waals surface area contributed by atoms with Crippen LogP contribution in [0.3, 0.4) is 0 Å². The van der Waals surface area contributed by atoms with Crippen LogP contribution in [0.25, 0.3) is 95.0 Å². The van der Waals surface area contributed by atoms with E-state index in [-0.39, 0.29) is 33.3 Å². The van der Waals surface area contributed by atoms with E-state index in [2.05, 4.69) is 0 Å². The van der Waals surface area contributed by atoms with Gasteiger partial charge in [0.2, 0.25) is 0 Å². The third-order valence-electron chi connectivity index (χ3n) is 9.41. The topological polar surface area (TPSA) is 43.6 Å². The third-order valence-corrected chi connectivity index (χ3v) is 9.41. The van der Waals surface area contributed by atoms with E-state index in [1.165, 1.54) is 4.57 Å². The molecule has 8 aromatic carbocycles. The van der Waals surface area contributed by atoms with Gasteiger partial charge >= 0.3 is 0 Å². The monoisotopic (exact) mass is 714 g/mol. The Balaban J connectivity index is 1.33. The maximum Gasteiger partial charge on any atom is 0.166 e. The first-order valence-electron chi connectivity index (χ1n) is 23.6. The molecule has 10 aromatic rings. The minimum absolute atomic E-state index is 0.122. The Labute approximate surface area is 336 Å². The van der Waals surface area contributed by atoms with Crippen LogP contribution in [-0.2, 0) is 0 Å². The molecule has 0 amide bonds. The molecule has 0 atom stereocenters. The number of hydrogen-bond acceptors (Lipinski definition) is 3. The number of benzene rings is 8. The highest BCUT2D eigenvalue weighted by molar-refractivity contribution is 6.11. The molecule has 0 spiro atoms. The maximum atomic E-state index is 9.69. The summed E-state index contributed by atoms with van der Waals surface area (Å²) >= 11 is 0. The van der Waals surface area contributed by atoms with Crippen molar-refractivity contribution in [2.45, 2.75) is 0 Å². The minimum Gasteiger partial charge on any atom is -0.309 e. The van der Waals surface area contributed by atoms with Gasteiger partial charge in [-0.15, -0.1) is 0 Å². The van der Waals surface area contributed by atoms with Crippen LogP contribution in [0.15, 0.2) is 206 Å². The van der Waals surface area contributed by atoms with Crippen LogP contribution in [0.1, 0.15) is 16.4 Å². The molecule has 4 nitrogen and oxygen atoms in total. The highest BCUT2D eigenvalue weighted by atomic mass is 15.1. The summed E-state index contributed by atoms with van der Waals surface area (Å²) in [5.74, 6) is 0.827. The normalized spacial score (nSPS) is 14.3. The lowest BCUT2D eigenvalue weighted by atomic mass is 10.0. The molecule has 0 saturated heterocycles. The van der Waals surface area contributed by atoms with E-state index >= 15 is 0 Å². The predicted octanol–water partition coefficient (Wildman–Crippen LogP) is 13.0. The highest BCUT2D eigenvalue weighted by Gasteiger charge is 2.21. The van der Waals surface area contributed by atoms with Crippen molar-refractivity contribution < 1.29 is 16.4 Å². The van der Waals surface area contributed by atoms with E-state index in [1.54, 1.807) is 6.07 Å². The van der Waals surface area contributed by atoms with Crippen molar-refractivity contribution in [2.24, 2.45) is 0 Å². The second-order valence-electron chi connectivity index (χ2n) is 12.7. The van der Waals surface area contributed by atoms with E-state index < -0.39 is 83.6 Å². The van der Waals surface area contributed by atoms with Gasteiger partial charge in [-0.05, 0) is 63.6 Å². The zero-order valence-electron chi connectivity index (χ0n) is 41.0. The molecule has 0 aliphatic carbocycles. The Morgan fingerprint density at radius 1 is 0.364 bits per heavy atom. The predicted molar refractivity (Wildman–Crippen MR) is 227 cm³/mol. The second kappa shape index (κ2) is 13.8. The quantitative estimate of drug-likeness (QED) is 0.165. The number of rotatable bonds is 7. The first-order chi connectivity index (χ1) is 32.3. The fraction of sp³-hybridized carbons (Fsp3) is 0. The SMILES string of the molecule is [2H]c1c([2H])c([2H])c(-c2c([2H])c([2H])c3c(c2[2H])c2c([2H])c([2H])c([2H])c([2H])c2n3-c2ccc(-c3ccccc3)cc2-c2nc(-c3ccccc3)nc(-c3ccc(-c4ccccc4)cc3)n2)c([2H])c1[2H]. The highest BCUT2D eigenvalue weighted by Crippen LogP contribution is 2.39. The molecule has 10 rings (SSSR count). The molecule has 4 heteroatoms. The zero-order chi connectivity index (χ0) is 47.0. The molecule has 0 fully saturated rings. The zero-order valence-corrected chi connectivity index (χ0v) is 29.0. The van der Waals surface area contributed by atoms with Crippen molar-refractivity contribution in [1.29, 1.82) is 0 Å². The van der Waals surface area contributed by atoms with Crippen molar-refractivity contribution in [1.82, 2.24) is 19.5 Å². The van der Waals surface area contributed by atoms with Crippen molar-refractivity contribution in [2.75, 3.05) is 0 Å². The van der Waals surface area contributed by atoms with Crippen molar-refractivity contribution in [3.05, 3.63) is 206 Å². The Bertz CT molecular complexity index is 3610. The van der Waals surface area contributed by atoms with Crippen LogP contribution in [0, 0.1) is 0 Å². The summed E-state index contributed by atoms with van der Waals surface area (Å²) in [4.78, 5) is 15.1. The summed E-state index contributed by atoms with van der Waals surface area (Å²) in [5, 5.41) is -0.339. The van der Waals surface area contributed by atoms with Crippen LogP contribution in [0.5, 0.6) is 0 Å². The van der Waals surface area contributed by atoms with Gasteiger partial charge in [0.05, 0.1) is 33.2 Å². The molecule has 0 radical (unpaired) electrons. The average Bonchev–Trinajstić information content (AvgIpc) is 3.74. The van der Waals surface area contributed by atoms with Crippen LogP contribution in [0.2, 0.25) is 0 Å². The summed E-state index contributed by atoms with van der Waals surface area (Å²) in [7, 11) is 0. The van der Waals surface area contributed by atoms with Gasteiger partial charge in [-0.2, -0.15) is 0 Å². The molecule has 0 N–H and O–H groups in total. The van der Waals surface area contributed by atoms with Crippen LogP contribution >= 0.6 is 0 Å². The summed E-state index contributed by atoms with van der Waals surface area (Å²) in [6.45, 7) is 0. The van der Waals surface area contributed by atoms with Gasteiger partial charge in [0.25, 0.3) is 0 Å². The third kappa shape index (κ3) is 6.06. The van der Waals surface area contributed by atoms with Crippen LogP contribution < -0.4 is 0 Å². The molecule has 0 aliphatic rings. The van der Waals surface area contributed by atoms with Gasteiger partial charge < -0.3 is 4.57 Å². The number of fused-ring (bicyclic) bond motifs is 3. The van der Waals surface area contributed by atoms with E-state index in [4.69, 9.17) is 24.5 Å². The van der Waals surface area contributed by atoms with Crippen molar-refractivity contribution >= 4 is 21.8 Å². The van der Waals surface area contributed by atoms with Crippen molar-refractivity contribution in [3.63, 3.8) is 0 Å². The summed E-state index contributed by atoms with van der Waals surface area (Å²) < 4.78 is 109. The molecule has 0 bridgehead atoms. The molecule has 55 heavy (non-hydrogen) atoms. The Morgan fingerprint density at radius 2 is 0.873 bits per heavy atom. The van der Waals surface area contributed by atoms with Crippen molar-refractivity contribution in [3.8, 4) is 73.2 Å². The Morgan fingerprint density at radius 3 is 1.56 bits per heavy atom. The lowest BCUT2D eigenvalue weighted by Crippen LogP contribution is -2.04. The fourth-order valence-electron chi connectivity index (χ4n) is 6.76. The smallest absolute Gasteiger partial charge is 0.166 e. The minimum atomic E-state index is -0.701. The van der Waals surface area contributed by atoms with E-state index in [1.807, 2.05) is 127 Å². The number of hydrogen-bond donors (Lipinski definition) is 0. The van der Waals surface area contributed by atoms with Gasteiger partial charge in [-0.25, -0.2) is 15.0 Å². The lowest BCUT2D eigenvalue weighted by molar-refractivity contribution is 1.06.